The molecule has 65 heavy (non-hydrogen) atoms. The van der Waals surface area contributed by atoms with Crippen LogP contribution in [0.2, 0.25) is 0 Å². The van der Waals surface area contributed by atoms with Crippen LogP contribution in [0.15, 0.2) is 127 Å². The quantitative estimate of drug-likeness (QED) is 0.0483. The van der Waals surface area contributed by atoms with Crippen molar-refractivity contribution in [3.63, 3.8) is 0 Å². The van der Waals surface area contributed by atoms with Gasteiger partial charge in [0.1, 0.15) is 17.2 Å². The van der Waals surface area contributed by atoms with Gasteiger partial charge in [-0.15, -0.1) is 0 Å². The minimum Gasteiger partial charge on any atom is -0.386 e. The third-order valence-corrected chi connectivity index (χ3v) is 13.8. The summed E-state index contributed by atoms with van der Waals surface area (Å²) in [6.07, 6.45) is 20.4. The van der Waals surface area contributed by atoms with Gasteiger partial charge in [0.2, 0.25) is 0 Å². The van der Waals surface area contributed by atoms with Crippen molar-refractivity contribution >= 4 is 7.82 Å². The van der Waals surface area contributed by atoms with Crippen molar-refractivity contribution in [2.45, 2.75) is 157 Å². The van der Waals surface area contributed by atoms with Gasteiger partial charge in [-0.25, -0.2) is 0 Å². The van der Waals surface area contributed by atoms with Gasteiger partial charge in [-0.2, -0.15) is 4.57 Å². The number of hydrogen-bond acceptors (Lipinski definition) is 4. The van der Waals surface area contributed by atoms with Crippen molar-refractivity contribution in [3.8, 4) is 50.6 Å². The molecule has 0 N–H and O–H groups in total. The van der Waals surface area contributed by atoms with E-state index in [1.165, 1.54) is 88.6 Å². The van der Waals surface area contributed by atoms with Gasteiger partial charge < -0.3 is 13.6 Å². The van der Waals surface area contributed by atoms with E-state index < -0.39 is 7.82 Å². The molecule has 0 saturated heterocycles. The summed E-state index contributed by atoms with van der Waals surface area (Å²) < 4.78 is 34.0. The number of phosphoric acid groups is 1. The van der Waals surface area contributed by atoms with Crippen LogP contribution < -0.4 is 13.6 Å². The maximum absolute atomic E-state index is 15.0. The SMILES string of the molecule is CCCCc1ccc(-c2ccc(OP(=O)(Oc3ccc(-c4ccc(CCCC)cc4CCCC)cc3)Oc3ccc(-c4ccc(CCCC)cc4CCCC)cc3)cc2)c(CCCC)c1. The van der Waals surface area contributed by atoms with Crippen LogP contribution in [0, 0.1) is 0 Å². The lowest BCUT2D eigenvalue weighted by Crippen LogP contribution is -2.07. The standard InChI is InChI=1S/C60H75O4P/c1-7-13-19-46-25-40-58(52(43-46)22-16-10-4)49-28-34-55(35-29-49)62-65(61,63-56-36-30-50(31-37-56)59-41-26-47(20-14-8-2)44-53(59)23-17-11-5)64-57-38-32-51(33-39-57)60-42-27-48(21-15-9-3)45-54(60)24-18-12-6/h25-45H,7-24H2,1-6H3. The molecule has 0 saturated carbocycles. The molecule has 6 aromatic rings. The van der Waals surface area contributed by atoms with Crippen LogP contribution >= 0.6 is 7.82 Å². The van der Waals surface area contributed by atoms with Crippen molar-refractivity contribution in [1.82, 2.24) is 0 Å². The highest BCUT2D eigenvalue weighted by atomic mass is 31.2. The minimum atomic E-state index is -4.27. The van der Waals surface area contributed by atoms with Crippen LogP contribution in [0.3, 0.4) is 0 Å². The van der Waals surface area contributed by atoms with Gasteiger partial charge in [0, 0.05) is 0 Å². The Kier molecular flexibility index (Phi) is 19.4. The van der Waals surface area contributed by atoms with E-state index in [2.05, 4.69) is 96.1 Å². The Morgan fingerprint density at radius 3 is 0.815 bits per heavy atom. The first-order valence-corrected chi connectivity index (χ1v) is 26.6. The van der Waals surface area contributed by atoms with E-state index in [0.717, 1.165) is 93.7 Å². The normalized spacial score (nSPS) is 11.5. The topological polar surface area (TPSA) is 44.8 Å². The molecule has 0 bridgehead atoms. The molecule has 344 valence electrons. The number of rotatable bonds is 27. The molecular formula is C60H75O4P. The van der Waals surface area contributed by atoms with Crippen molar-refractivity contribution in [1.29, 1.82) is 0 Å². The summed E-state index contributed by atoms with van der Waals surface area (Å²) in [4.78, 5) is 0. The predicted octanol–water partition coefficient (Wildman–Crippen LogP) is 18.4. The molecule has 0 aliphatic carbocycles. The third kappa shape index (κ3) is 14.5. The van der Waals surface area contributed by atoms with E-state index in [1.807, 2.05) is 72.8 Å². The summed E-state index contributed by atoms with van der Waals surface area (Å²) in [5.41, 5.74) is 15.3. The number of aryl methyl sites for hydroxylation is 6. The number of phosphoric ester groups is 1. The molecule has 6 rings (SSSR count). The van der Waals surface area contributed by atoms with Gasteiger partial charge in [-0.1, -0.05) is 171 Å². The zero-order valence-electron chi connectivity index (χ0n) is 40.4. The zero-order valence-corrected chi connectivity index (χ0v) is 41.3. The first kappa shape index (κ1) is 49.4. The summed E-state index contributed by atoms with van der Waals surface area (Å²) in [6, 6.07) is 44.3. The summed E-state index contributed by atoms with van der Waals surface area (Å²) in [5, 5.41) is 0. The Labute approximate surface area is 392 Å². The fourth-order valence-corrected chi connectivity index (χ4v) is 9.90. The Morgan fingerprint density at radius 1 is 0.323 bits per heavy atom. The average Bonchev–Trinajstić information content (AvgIpc) is 3.33. The Hall–Kier alpha value is -5.05. The summed E-state index contributed by atoms with van der Waals surface area (Å²) in [6.45, 7) is 13.5. The lowest BCUT2D eigenvalue weighted by atomic mass is 9.93. The fourth-order valence-electron chi connectivity index (χ4n) is 8.65. The first-order valence-electron chi connectivity index (χ1n) is 25.1. The highest BCUT2D eigenvalue weighted by Gasteiger charge is 2.33. The minimum absolute atomic E-state index is 0.410. The zero-order chi connectivity index (χ0) is 45.9. The molecule has 0 atom stereocenters. The molecule has 6 aromatic carbocycles. The molecule has 0 fully saturated rings. The lowest BCUT2D eigenvalue weighted by molar-refractivity contribution is 0.298. The molecule has 0 amide bonds. The van der Waals surface area contributed by atoms with Crippen LogP contribution in [0.25, 0.3) is 33.4 Å². The van der Waals surface area contributed by atoms with Crippen LogP contribution in [0.4, 0.5) is 0 Å². The lowest BCUT2D eigenvalue weighted by Gasteiger charge is -2.20. The first-order chi connectivity index (χ1) is 31.8. The van der Waals surface area contributed by atoms with Gasteiger partial charge in [0.25, 0.3) is 0 Å². The Bertz CT molecular complexity index is 2130. The second-order valence-electron chi connectivity index (χ2n) is 17.9. The maximum Gasteiger partial charge on any atom is 0.647 e. The monoisotopic (exact) mass is 891 g/mol. The smallest absolute Gasteiger partial charge is 0.386 e. The molecular weight excluding hydrogens is 816 g/mol. The maximum atomic E-state index is 15.0. The average molecular weight is 891 g/mol. The number of unbranched alkanes of at least 4 members (excludes halogenated alkanes) is 6. The van der Waals surface area contributed by atoms with E-state index in [0.29, 0.717) is 17.2 Å². The van der Waals surface area contributed by atoms with E-state index in [4.69, 9.17) is 13.6 Å². The predicted molar refractivity (Wildman–Crippen MR) is 277 cm³/mol. The van der Waals surface area contributed by atoms with E-state index in [9.17, 15) is 0 Å². The Morgan fingerprint density at radius 2 is 0.569 bits per heavy atom. The number of benzene rings is 6. The Balaban J connectivity index is 1.29. The molecule has 4 nitrogen and oxygen atoms in total. The molecule has 0 unspecified atom stereocenters. The molecule has 0 aromatic heterocycles. The van der Waals surface area contributed by atoms with E-state index in [1.54, 1.807) is 0 Å². The highest BCUT2D eigenvalue weighted by Crippen LogP contribution is 2.50. The van der Waals surface area contributed by atoms with Gasteiger partial charge in [0.05, 0.1) is 0 Å². The van der Waals surface area contributed by atoms with Crippen molar-refractivity contribution in [2.75, 3.05) is 0 Å². The van der Waals surface area contributed by atoms with Crippen LogP contribution in [0.5, 0.6) is 17.2 Å². The van der Waals surface area contributed by atoms with Crippen molar-refractivity contribution in [2.24, 2.45) is 0 Å². The molecule has 5 heteroatoms. The molecule has 0 radical (unpaired) electrons. The van der Waals surface area contributed by atoms with Crippen molar-refractivity contribution < 1.29 is 18.1 Å². The largest absolute Gasteiger partial charge is 0.647 e. The second-order valence-corrected chi connectivity index (χ2v) is 19.3. The summed E-state index contributed by atoms with van der Waals surface area (Å²) in [7, 11) is -4.27. The summed E-state index contributed by atoms with van der Waals surface area (Å²) in [5.74, 6) is 1.23. The van der Waals surface area contributed by atoms with E-state index >= 15 is 4.57 Å². The molecule has 0 aliphatic heterocycles. The fraction of sp³-hybridized carbons (Fsp3) is 0.400. The van der Waals surface area contributed by atoms with Crippen LogP contribution in [0.1, 0.15) is 152 Å². The van der Waals surface area contributed by atoms with E-state index in [-0.39, 0.29) is 0 Å². The second kappa shape index (κ2) is 25.6. The molecule has 0 aliphatic rings. The number of hydrogen-bond donors (Lipinski definition) is 0. The van der Waals surface area contributed by atoms with Crippen LogP contribution in [-0.2, 0) is 43.1 Å². The third-order valence-electron chi connectivity index (χ3n) is 12.5. The van der Waals surface area contributed by atoms with Gasteiger partial charge in [0.15, 0.2) is 0 Å². The van der Waals surface area contributed by atoms with Crippen LogP contribution in [-0.4, -0.2) is 0 Å². The van der Waals surface area contributed by atoms with Gasteiger partial charge in [-0.05, 0) is 180 Å². The van der Waals surface area contributed by atoms with Crippen molar-refractivity contribution in [3.05, 3.63) is 161 Å². The van der Waals surface area contributed by atoms with Gasteiger partial charge in [-0.3, -0.25) is 0 Å². The molecule has 0 heterocycles. The highest BCUT2D eigenvalue weighted by molar-refractivity contribution is 7.49. The summed E-state index contributed by atoms with van der Waals surface area (Å²) >= 11 is 0. The van der Waals surface area contributed by atoms with Gasteiger partial charge >= 0.3 is 7.82 Å². The molecule has 0 spiro atoms.